The smallest absolute Gasteiger partial charge is 0.188 e. The van der Waals surface area contributed by atoms with Crippen LogP contribution in [-0.2, 0) is 6.42 Å². The predicted octanol–water partition coefficient (Wildman–Crippen LogP) is 1.56. The average Bonchev–Trinajstić information content (AvgIpc) is 2.63. The number of unbranched alkanes of at least 4 members (excludes halogenated alkanes) is 1. The van der Waals surface area contributed by atoms with Gasteiger partial charge in [0.15, 0.2) is 5.96 Å². The molecule has 1 saturated heterocycles. The zero-order valence-electron chi connectivity index (χ0n) is 15.4. The second-order valence-corrected chi connectivity index (χ2v) is 6.25. The normalized spacial score (nSPS) is 16.4. The Hall–Kier alpha value is -0.930. The zero-order valence-corrected chi connectivity index (χ0v) is 17.7. The first-order valence-corrected chi connectivity index (χ1v) is 9.16. The van der Waals surface area contributed by atoms with Crippen molar-refractivity contribution in [2.45, 2.75) is 26.2 Å². The van der Waals surface area contributed by atoms with E-state index in [0.29, 0.717) is 5.96 Å². The van der Waals surface area contributed by atoms with E-state index in [4.69, 9.17) is 5.73 Å². The molecule has 1 fully saturated rings. The first-order chi connectivity index (χ1) is 11.8. The number of hydrogen-bond donors (Lipinski definition) is 2. The molecular weight excluding hydrogens is 427 g/mol. The number of pyridine rings is 1. The van der Waals surface area contributed by atoms with Gasteiger partial charge in [0.1, 0.15) is 0 Å². The number of nitrogens with one attached hydrogen (secondary N) is 1. The van der Waals surface area contributed by atoms with Crippen LogP contribution < -0.4 is 11.1 Å². The standard InChI is InChI=1S/C18H32N6.HI/c1-2-23-13-15-24(16-14-23)12-6-5-10-21-18(19)22-11-8-17-7-3-4-9-20-17;/h3-4,7,9H,2,5-6,8,10-16H2,1H3,(H3,19,21,22);1H. The maximum Gasteiger partial charge on any atom is 0.188 e. The molecule has 0 radical (unpaired) electrons. The minimum Gasteiger partial charge on any atom is -0.370 e. The second-order valence-electron chi connectivity index (χ2n) is 6.25. The summed E-state index contributed by atoms with van der Waals surface area (Å²) in [4.78, 5) is 13.8. The van der Waals surface area contributed by atoms with Gasteiger partial charge in [-0.3, -0.25) is 9.98 Å². The number of rotatable bonds is 9. The molecule has 0 saturated carbocycles. The molecule has 0 spiro atoms. The lowest BCUT2D eigenvalue weighted by atomic mass is 10.2. The van der Waals surface area contributed by atoms with Crippen molar-refractivity contribution in [3.05, 3.63) is 30.1 Å². The van der Waals surface area contributed by atoms with Crippen LogP contribution in [0, 0.1) is 0 Å². The Kier molecular flexibility index (Phi) is 11.8. The van der Waals surface area contributed by atoms with Gasteiger partial charge in [-0.25, -0.2) is 0 Å². The van der Waals surface area contributed by atoms with Crippen molar-refractivity contribution in [1.82, 2.24) is 20.1 Å². The molecule has 1 aromatic heterocycles. The average molecular weight is 460 g/mol. The Labute approximate surface area is 169 Å². The van der Waals surface area contributed by atoms with Gasteiger partial charge in [0, 0.05) is 57.6 Å². The van der Waals surface area contributed by atoms with Crippen molar-refractivity contribution in [2.75, 3.05) is 52.4 Å². The minimum absolute atomic E-state index is 0. The van der Waals surface area contributed by atoms with Crippen LogP contribution in [0.3, 0.4) is 0 Å². The molecule has 1 aliphatic heterocycles. The first kappa shape index (κ1) is 22.1. The lowest BCUT2D eigenvalue weighted by Gasteiger charge is -2.33. The summed E-state index contributed by atoms with van der Waals surface area (Å²) in [5.74, 6) is 0.544. The number of halogens is 1. The summed E-state index contributed by atoms with van der Waals surface area (Å²) < 4.78 is 0. The van der Waals surface area contributed by atoms with Gasteiger partial charge in [0.05, 0.1) is 0 Å². The number of piperazine rings is 1. The zero-order chi connectivity index (χ0) is 17.0. The van der Waals surface area contributed by atoms with E-state index in [-0.39, 0.29) is 24.0 Å². The fourth-order valence-corrected chi connectivity index (χ4v) is 2.90. The van der Waals surface area contributed by atoms with E-state index in [1.165, 1.54) is 45.7 Å². The highest BCUT2D eigenvalue weighted by Gasteiger charge is 2.14. The van der Waals surface area contributed by atoms with Crippen LogP contribution in [0.4, 0.5) is 0 Å². The van der Waals surface area contributed by atoms with Crippen LogP contribution in [0.1, 0.15) is 25.5 Å². The van der Waals surface area contributed by atoms with Crippen molar-refractivity contribution in [1.29, 1.82) is 0 Å². The Bertz CT molecular complexity index is 474. The lowest BCUT2D eigenvalue weighted by molar-refractivity contribution is 0.136. The molecule has 142 valence electrons. The third-order valence-corrected chi connectivity index (χ3v) is 4.49. The summed E-state index contributed by atoms with van der Waals surface area (Å²) in [5, 5.41) is 3.15. The van der Waals surface area contributed by atoms with E-state index in [0.717, 1.165) is 31.6 Å². The topological polar surface area (TPSA) is 69.8 Å². The number of aliphatic imine (C=N–C) groups is 1. The molecule has 0 bridgehead atoms. The summed E-state index contributed by atoms with van der Waals surface area (Å²) in [7, 11) is 0. The van der Waals surface area contributed by atoms with E-state index in [1.807, 2.05) is 24.4 Å². The molecule has 25 heavy (non-hydrogen) atoms. The Morgan fingerprint density at radius 3 is 2.64 bits per heavy atom. The van der Waals surface area contributed by atoms with Crippen molar-refractivity contribution < 1.29 is 0 Å². The van der Waals surface area contributed by atoms with Gasteiger partial charge in [-0.15, -0.1) is 24.0 Å². The number of aromatic nitrogens is 1. The highest BCUT2D eigenvalue weighted by Crippen LogP contribution is 2.03. The molecule has 2 heterocycles. The van der Waals surface area contributed by atoms with E-state index < -0.39 is 0 Å². The van der Waals surface area contributed by atoms with Gasteiger partial charge in [-0.05, 0) is 38.1 Å². The van der Waals surface area contributed by atoms with E-state index >= 15 is 0 Å². The van der Waals surface area contributed by atoms with Gasteiger partial charge in [0.25, 0.3) is 0 Å². The minimum atomic E-state index is 0. The van der Waals surface area contributed by atoms with Crippen molar-refractivity contribution in [3.8, 4) is 0 Å². The van der Waals surface area contributed by atoms with E-state index in [9.17, 15) is 0 Å². The Balaban J connectivity index is 0.00000312. The van der Waals surface area contributed by atoms with Gasteiger partial charge in [0.2, 0.25) is 0 Å². The molecular formula is C18H33IN6. The largest absolute Gasteiger partial charge is 0.370 e. The van der Waals surface area contributed by atoms with Gasteiger partial charge in [-0.2, -0.15) is 0 Å². The van der Waals surface area contributed by atoms with E-state index in [2.05, 4.69) is 32.0 Å². The molecule has 1 aliphatic rings. The summed E-state index contributed by atoms with van der Waals surface area (Å²) in [5.41, 5.74) is 6.97. The summed E-state index contributed by atoms with van der Waals surface area (Å²) in [6.45, 7) is 11.0. The first-order valence-electron chi connectivity index (χ1n) is 9.16. The number of hydrogen-bond acceptors (Lipinski definition) is 4. The Morgan fingerprint density at radius 1 is 1.20 bits per heavy atom. The third-order valence-electron chi connectivity index (χ3n) is 4.49. The van der Waals surface area contributed by atoms with Crippen LogP contribution in [0.15, 0.2) is 29.4 Å². The SMILES string of the molecule is CCN1CCN(CCCCN=C(N)NCCc2ccccn2)CC1.I. The molecule has 0 aromatic carbocycles. The lowest BCUT2D eigenvalue weighted by Crippen LogP contribution is -2.46. The van der Waals surface area contributed by atoms with Crippen LogP contribution in [0.2, 0.25) is 0 Å². The molecule has 1 aromatic rings. The van der Waals surface area contributed by atoms with Crippen LogP contribution in [0.5, 0.6) is 0 Å². The Morgan fingerprint density at radius 2 is 1.96 bits per heavy atom. The van der Waals surface area contributed by atoms with Gasteiger partial charge < -0.3 is 20.9 Å². The molecule has 3 N–H and O–H groups in total. The highest BCUT2D eigenvalue weighted by molar-refractivity contribution is 14.0. The molecule has 0 atom stereocenters. The summed E-state index contributed by atoms with van der Waals surface area (Å²) in [6, 6.07) is 5.95. The molecule has 0 unspecified atom stereocenters. The quantitative estimate of drug-likeness (QED) is 0.254. The monoisotopic (exact) mass is 460 g/mol. The number of likely N-dealkylation sites (N-methyl/N-ethyl adjacent to an activating group) is 1. The summed E-state index contributed by atoms with van der Waals surface area (Å²) >= 11 is 0. The highest BCUT2D eigenvalue weighted by atomic mass is 127. The van der Waals surface area contributed by atoms with Crippen molar-refractivity contribution in [3.63, 3.8) is 0 Å². The van der Waals surface area contributed by atoms with Crippen LogP contribution in [0.25, 0.3) is 0 Å². The molecule has 0 aliphatic carbocycles. The maximum absolute atomic E-state index is 5.90. The van der Waals surface area contributed by atoms with Crippen LogP contribution >= 0.6 is 24.0 Å². The number of nitrogens with zero attached hydrogens (tertiary/aromatic N) is 4. The van der Waals surface area contributed by atoms with Gasteiger partial charge >= 0.3 is 0 Å². The maximum atomic E-state index is 5.90. The fraction of sp³-hybridized carbons (Fsp3) is 0.667. The molecule has 6 nitrogen and oxygen atoms in total. The van der Waals surface area contributed by atoms with Crippen molar-refractivity contribution >= 4 is 29.9 Å². The number of guanidine groups is 1. The van der Waals surface area contributed by atoms with E-state index in [1.54, 1.807) is 0 Å². The fourth-order valence-electron chi connectivity index (χ4n) is 2.90. The molecule has 0 amide bonds. The van der Waals surface area contributed by atoms with Crippen LogP contribution in [-0.4, -0.2) is 73.1 Å². The predicted molar refractivity (Wildman–Crippen MR) is 116 cm³/mol. The summed E-state index contributed by atoms with van der Waals surface area (Å²) in [6.07, 6.45) is 4.96. The second kappa shape index (κ2) is 13.3. The van der Waals surface area contributed by atoms with Gasteiger partial charge in [-0.1, -0.05) is 13.0 Å². The molecule has 2 rings (SSSR count). The van der Waals surface area contributed by atoms with Crippen molar-refractivity contribution in [2.24, 2.45) is 10.7 Å². The number of nitrogens with two attached hydrogens (primary N) is 1. The molecule has 7 heteroatoms. The third kappa shape index (κ3) is 9.37.